The molecular weight excluding hydrogens is 140 g/mol. The van der Waals surface area contributed by atoms with Crippen molar-refractivity contribution >= 4 is 0 Å². The van der Waals surface area contributed by atoms with Crippen LogP contribution in [-0.2, 0) is 0 Å². The summed E-state index contributed by atoms with van der Waals surface area (Å²) in [5, 5.41) is 16.0. The van der Waals surface area contributed by atoms with E-state index in [0.717, 1.165) is 19.5 Å². The summed E-state index contributed by atoms with van der Waals surface area (Å²) in [6.45, 7) is 6.09. The zero-order valence-corrected chi connectivity index (χ0v) is 7.30. The van der Waals surface area contributed by atoms with Gasteiger partial charge in [-0.05, 0) is 19.9 Å². The van der Waals surface area contributed by atoms with Gasteiger partial charge < -0.3 is 15.7 Å². The third kappa shape index (κ3) is 2.43. The van der Waals surface area contributed by atoms with Crippen molar-refractivity contribution in [2.24, 2.45) is 0 Å². The number of rotatable bonds is 3. The van der Waals surface area contributed by atoms with Gasteiger partial charge in [-0.25, -0.2) is 0 Å². The van der Waals surface area contributed by atoms with Crippen LogP contribution in [0.2, 0.25) is 0 Å². The van der Waals surface area contributed by atoms with Gasteiger partial charge in [-0.1, -0.05) is 6.92 Å². The standard InChI is InChI=1S/C8H18N2O/c1-3-9-5-7-4-8(11)6(2)10-7/h6-11H,3-5H2,1-2H3/t6-,7+,8-/m1/s1. The van der Waals surface area contributed by atoms with Crippen LogP contribution in [0.4, 0.5) is 0 Å². The Labute approximate surface area is 68.2 Å². The molecule has 11 heavy (non-hydrogen) atoms. The van der Waals surface area contributed by atoms with E-state index >= 15 is 0 Å². The molecule has 0 bridgehead atoms. The molecule has 0 amide bonds. The van der Waals surface area contributed by atoms with E-state index in [9.17, 15) is 5.11 Å². The fourth-order valence-corrected chi connectivity index (χ4v) is 1.51. The van der Waals surface area contributed by atoms with Gasteiger partial charge in [0.25, 0.3) is 0 Å². The minimum absolute atomic E-state index is 0.154. The summed E-state index contributed by atoms with van der Waals surface area (Å²) in [7, 11) is 0. The molecule has 0 saturated carbocycles. The lowest BCUT2D eigenvalue weighted by Gasteiger charge is -2.10. The van der Waals surface area contributed by atoms with Crippen molar-refractivity contribution < 1.29 is 5.11 Å². The van der Waals surface area contributed by atoms with Crippen LogP contribution < -0.4 is 10.6 Å². The Morgan fingerprint density at radius 1 is 1.64 bits per heavy atom. The highest BCUT2D eigenvalue weighted by molar-refractivity contribution is 4.88. The molecule has 1 heterocycles. The number of nitrogens with one attached hydrogen (secondary N) is 2. The molecule has 0 aromatic heterocycles. The summed E-state index contributed by atoms with van der Waals surface area (Å²) in [5.74, 6) is 0. The Hall–Kier alpha value is -0.120. The average molecular weight is 158 g/mol. The van der Waals surface area contributed by atoms with Gasteiger partial charge in [-0.2, -0.15) is 0 Å². The first-order chi connectivity index (χ1) is 5.24. The van der Waals surface area contributed by atoms with E-state index < -0.39 is 0 Å². The summed E-state index contributed by atoms with van der Waals surface area (Å²) in [5.41, 5.74) is 0. The van der Waals surface area contributed by atoms with E-state index in [4.69, 9.17) is 0 Å². The molecule has 1 fully saturated rings. The molecule has 1 rings (SSSR count). The van der Waals surface area contributed by atoms with E-state index in [2.05, 4.69) is 17.6 Å². The lowest BCUT2D eigenvalue weighted by molar-refractivity contribution is 0.164. The SMILES string of the molecule is CCNC[C@@H]1C[C@@H](O)[C@@H](C)N1. The molecular formula is C8H18N2O. The highest BCUT2D eigenvalue weighted by Crippen LogP contribution is 2.11. The fourth-order valence-electron chi connectivity index (χ4n) is 1.51. The highest BCUT2D eigenvalue weighted by atomic mass is 16.3. The third-order valence-corrected chi connectivity index (χ3v) is 2.24. The zero-order chi connectivity index (χ0) is 8.27. The molecule has 1 saturated heterocycles. The molecule has 3 heteroatoms. The first kappa shape index (κ1) is 8.97. The minimum Gasteiger partial charge on any atom is -0.391 e. The van der Waals surface area contributed by atoms with Gasteiger partial charge in [0, 0.05) is 18.6 Å². The van der Waals surface area contributed by atoms with Crippen LogP contribution in [0.25, 0.3) is 0 Å². The number of hydrogen-bond acceptors (Lipinski definition) is 3. The first-order valence-corrected chi connectivity index (χ1v) is 4.39. The van der Waals surface area contributed by atoms with Crippen LogP contribution in [0.1, 0.15) is 20.3 Å². The van der Waals surface area contributed by atoms with Gasteiger partial charge in [0.05, 0.1) is 6.10 Å². The quantitative estimate of drug-likeness (QED) is 0.529. The molecule has 0 aromatic rings. The second-order valence-corrected chi connectivity index (χ2v) is 3.26. The number of aliphatic hydroxyl groups is 1. The maximum Gasteiger partial charge on any atom is 0.0705 e. The van der Waals surface area contributed by atoms with E-state index in [-0.39, 0.29) is 12.1 Å². The van der Waals surface area contributed by atoms with Crippen molar-refractivity contribution in [3.63, 3.8) is 0 Å². The predicted molar refractivity (Wildman–Crippen MR) is 45.6 cm³/mol. The molecule has 3 N–H and O–H groups in total. The molecule has 1 aliphatic rings. The molecule has 3 atom stereocenters. The smallest absolute Gasteiger partial charge is 0.0705 e. The Morgan fingerprint density at radius 2 is 2.36 bits per heavy atom. The van der Waals surface area contributed by atoms with Crippen molar-refractivity contribution in [2.45, 2.75) is 38.5 Å². The Balaban J connectivity index is 2.18. The van der Waals surface area contributed by atoms with Crippen LogP contribution in [0, 0.1) is 0 Å². The summed E-state index contributed by atoms with van der Waals surface area (Å²) in [6, 6.07) is 0.721. The Bertz CT molecular complexity index is 109. The van der Waals surface area contributed by atoms with E-state index in [1.807, 2.05) is 6.92 Å². The largest absolute Gasteiger partial charge is 0.391 e. The molecule has 0 aromatic carbocycles. The monoisotopic (exact) mass is 158 g/mol. The number of likely N-dealkylation sites (N-methyl/N-ethyl adjacent to an activating group) is 1. The molecule has 0 radical (unpaired) electrons. The van der Waals surface area contributed by atoms with Crippen LogP contribution >= 0.6 is 0 Å². The Kier molecular flexibility index (Phi) is 3.30. The lowest BCUT2D eigenvalue weighted by Crippen LogP contribution is -2.36. The molecule has 1 aliphatic heterocycles. The van der Waals surface area contributed by atoms with Gasteiger partial charge in [-0.3, -0.25) is 0 Å². The van der Waals surface area contributed by atoms with Crippen LogP contribution in [0.5, 0.6) is 0 Å². The number of hydrogen-bond donors (Lipinski definition) is 3. The maximum atomic E-state index is 9.38. The molecule has 66 valence electrons. The first-order valence-electron chi connectivity index (χ1n) is 4.39. The van der Waals surface area contributed by atoms with Gasteiger partial charge >= 0.3 is 0 Å². The maximum absolute atomic E-state index is 9.38. The summed E-state index contributed by atoms with van der Waals surface area (Å²) < 4.78 is 0. The molecule has 0 aliphatic carbocycles. The normalized spacial score (nSPS) is 37.9. The summed E-state index contributed by atoms with van der Waals surface area (Å²) in [6.07, 6.45) is 0.729. The molecule has 3 nitrogen and oxygen atoms in total. The van der Waals surface area contributed by atoms with Crippen LogP contribution in [-0.4, -0.2) is 36.4 Å². The number of aliphatic hydroxyl groups excluding tert-OH is 1. The topological polar surface area (TPSA) is 44.3 Å². The van der Waals surface area contributed by atoms with Crippen molar-refractivity contribution in [1.29, 1.82) is 0 Å². The fraction of sp³-hybridized carbons (Fsp3) is 1.00. The second-order valence-electron chi connectivity index (χ2n) is 3.26. The van der Waals surface area contributed by atoms with E-state index in [0.29, 0.717) is 6.04 Å². The van der Waals surface area contributed by atoms with Crippen molar-refractivity contribution in [3.05, 3.63) is 0 Å². The summed E-state index contributed by atoms with van der Waals surface area (Å²) >= 11 is 0. The van der Waals surface area contributed by atoms with Crippen molar-refractivity contribution in [2.75, 3.05) is 13.1 Å². The highest BCUT2D eigenvalue weighted by Gasteiger charge is 2.27. The van der Waals surface area contributed by atoms with Gasteiger partial charge in [0.1, 0.15) is 0 Å². The van der Waals surface area contributed by atoms with Crippen LogP contribution in [0.3, 0.4) is 0 Å². The van der Waals surface area contributed by atoms with E-state index in [1.54, 1.807) is 0 Å². The molecule has 0 spiro atoms. The second kappa shape index (κ2) is 4.04. The minimum atomic E-state index is -0.154. The lowest BCUT2D eigenvalue weighted by atomic mass is 10.1. The third-order valence-electron chi connectivity index (χ3n) is 2.24. The predicted octanol–water partition coefficient (Wildman–Crippen LogP) is -0.293. The molecule has 0 unspecified atom stereocenters. The zero-order valence-electron chi connectivity index (χ0n) is 7.30. The van der Waals surface area contributed by atoms with Gasteiger partial charge in [0.15, 0.2) is 0 Å². The van der Waals surface area contributed by atoms with Crippen LogP contribution in [0.15, 0.2) is 0 Å². The van der Waals surface area contributed by atoms with E-state index in [1.165, 1.54) is 0 Å². The average Bonchev–Trinajstić information content (AvgIpc) is 2.28. The summed E-state index contributed by atoms with van der Waals surface area (Å²) in [4.78, 5) is 0. The van der Waals surface area contributed by atoms with Gasteiger partial charge in [0.2, 0.25) is 0 Å². The Morgan fingerprint density at radius 3 is 2.82 bits per heavy atom. The van der Waals surface area contributed by atoms with Gasteiger partial charge in [-0.15, -0.1) is 0 Å². The van der Waals surface area contributed by atoms with Crippen molar-refractivity contribution in [1.82, 2.24) is 10.6 Å². The van der Waals surface area contributed by atoms with Crippen molar-refractivity contribution in [3.8, 4) is 0 Å².